The van der Waals surface area contributed by atoms with E-state index in [9.17, 15) is 147 Å². The van der Waals surface area contributed by atoms with Crippen molar-refractivity contribution in [2.24, 2.45) is 5.92 Å². The number of aliphatic hydroxyl groups is 24. The first-order valence-electron chi connectivity index (χ1n) is 37.9. The van der Waals surface area contributed by atoms with Gasteiger partial charge in [0.1, 0.15) is 201 Å². The van der Waals surface area contributed by atoms with Crippen molar-refractivity contribution in [3.8, 4) is 0 Å². The molecule has 118 heavy (non-hydrogen) atoms. The average molecular weight is 1730 g/mol. The number of amides is 4. The van der Waals surface area contributed by atoms with E-state index in [1.807, 2.05) is 0 Å². The third-order valence-corrected chi connectivity index (χ3v) is 21.9. The van der Waals surface area contributed by atoms with Gasteiger partial charge in [0.2, 0.25) is 23.6 Å². The van der Waals surface area contributed by atoms with E-state index < -0.39 is 371 Å². The summed E-state index contributed by atoms with van der Waals surface area (Å²) in [7, 11) is 0. The number of carbonyl (C=O) groups is 5. The third kappa shape index (κ3) is 21.8. The van der Waals surface area contributed by atoms with Crippen molar-refractivity contribution in [3.63, 3.8) is 0 Å². The maximum absolute atomic E-state index is 13.2. The second kappa shape index (κ2) is 42.6. The van der Waals surface area contributed by atoms with Crippen molar-refractivity contribution >= 4 is 30.1 Å². The van der Waals surface area contributed by atoms with Gasteiger partial charge in [-0.05, 0) is 6.92 Å². The highest BCUT2D eigenvalue weighted by molar-refractivity contribution is 5.74. The molecule has 9 rings (SSSR count). The van der Waals surface area contributed by atoms with Gasteiger partial charge in [-0.15, -0.1) is 0 Å². The van der Waals surface area contributed by atoms with Crippen LogP contribution in [0.5, 0.6) is 0 Å². The van der Waals surface area contributed by atoms with Crippen LogP contribution in [0.3, 0.4) is 0 Å². The van der Waals surface area contributed by atoms with Gasteiger partial charge in [0.15, 0.2) is 44.0 Å². The lowest BCUT2D eigenvalue weighted by Gasteiger charge is -2.51. The van der Waals surface area contributed by atoms with E-state index in [2.05, 4.69) is 21.3 Å². The van der Waals surface area contributed by atoms with Crippen molar-refractivity contribution in [1.82, 2.24) is 21.3 Å². The summed E-state index contributed by atoms with van der Waals surface area (Å²) in [6.45, 7) is -3.02. The minimum Gasteiger partial charge on any atom is -0.410 e. The van der Waals surface area contributed by atoms with E-state index in [1.165, 1.54) is 13.8 Å². The first-order chi connectivity index (χ1) is 55.8. The van der Waals surface area contributed by atoms with Gasteiger partial charge in [-0.25, -0.2) is 0 Å². The minimum atomic E-state index is -2.66. The number of hydrogen-bond donors (Lipinski definition) is 28. The van der Waals surface area contributed by atoms with E-state index in [-0.39, 0.29) is 6.47 Å². The van der Waals surface area contributed by atoms with Crippen LogP contribution in [0.15, 0.2) is 0 Å². The zero-order valence-electron chi connectivity index (χ0n) is 64.3. The highest BCUT2D eigenvalue weighted by Gasteiger charge is 2.61. The second-order valence-corrected chi connectivity index (χ2v) is 30.1. The number of rotatable bonds is 33. The van der Waals surface area contributed by atoms with E-state index in [0.29, 0.717) is 0 Å². The number of aliphatic hydroxyl groups excluding tert-OH is 24. The first-order valence-corrected chi connectivity index (χ1v) is 37.9. The monoisotopic (exact) mass is 1720 g/mol. The van der Waals surface area contributed by atoms with Gasteiger partial charge in [0, 0.05) is 33.6 Å². The van der Waals surface area contributed by atoms with Gasteiger partial charge < -0.3 is 229 Å². The van der Waals surface area contributed by atoms with Crippen molar-refractivity contribution in [2.45, 2.75) is 324 Å². The van der Waals surface area contributed by atoms with Gasteiger partial charge in [-0.3, -0.25) is 24.0 Å². The molecule has 51 heteroatoms. The summed E-state index contributed by atoms with van der Waals surface area (Å²) in [6, 6.07) is -6.85. The molecule has 46 atom stereocenters. The van der Waals surface area contributed by atoms with Crippen LogP contribution in [0.25, 0.3) is 0 Å². The van der Waals surface area contributed by atoms with E-state index in [4.69, 9.17) is 85.3 Å². The summed E-state index contributed by atoms with van der Waals surface area (Å²) in [5.41, 5.74) is 0. The Balaban J connectivity index is 1.03. The van der Waals surface area contributed by atoms with E-state index in [1.54, 1.807) is 0 Å². The topological polar surface area (TPSA) is 785 Å². The number of hydrogen-bond acceptors (Lipinski definition) is 47. The largest absolute Gasteiger partial charge is 0.410 e. The number of ether oxygens (including phenoxy) is 18. The van der Waals surface area contributed by atoms with Gasteiger partial charge in [-0.1, -0.05) is 6.92 Å². The van der Waals surface area contributed by atoms with Crippen LogP contribution in [-0.2, 0) is 109 Å². The lowest BCUT2D eigenvalue weighted by Crippen LogP contribution is -2.71. The highest BCUT2D eigenvalue weighted by atomic mass is 16.9. The van der Waals surface area contributed by atoms with Gasteiger partial charge >= 0.3 is 5.97 Å². The quantitative estimate of drug-likeness (QED) is 0.0214. The zero-order chi connectivity index (χ0) is 87.1. The molecule has 9 saturated heterocycles. The van der Waals surface area contributed by atoms with Gasteiger partial charge in [0.25, 0.3) is 6.47 Å². The van der Waals surface area contributed by atoms with Crippen LogP contribution in [0.4, 0.5) is 0 Å². The van der Waals surface area contributed by atoms with Gasteiger partial charge in [-0.2, -0.15) is 0 Å². The van der Waals surface area contributed by atoms with Crippen molar-refractivity contribution < 1.29 is 232 Å². The zero-order valence-corrected chi connectivity index (χ0v) is 64.3. The molecule has 0 aromatic carbocycles. The van der Waals surface area contributed by atoms with Crippen LogP contribution in [-0.4, -0.2) is 488 Å². The Labute approximate surface area is 670 Å². The summed E-state index contributed by atoms with van der Waals surface area (Å²) in [5, 5.41) is 278. The van der Waals surface area contributed by atoms with E-state index in [0.717, 1.165) is 27.7 Å². The summed E-state index contributed by atoms with van der Waals surface area (Å²) in [4.78, 5) is 62.8. The standard InChI is InChI=1S/C67H112N4O47/c1-18-24(84)7-67(103-17-79,118-53(18)38(86)25(85)8-72)102-16-33-42(90)48(96)51(99)63(111-33)113-55-30(13-77)109-62(37(47(55)95)71-23(6)83)117-59-50(98)41(89)28(11-75)107-66(59)115-57-43(91)32(15-101-65-58(49(97)40(88)27(10-74)106-65)116-60-35(69-21(4)81)44(92)39(87)26(9-73)105-60)110-64(52(57)100)114-56-31(14-78)108-61(36(46(56)94)70-22(5)82)112-54-29(12-76)104-19(2)34(45(54)93)68-20(3)80/h17-19,24-66,72-78,84-100H,7-16H2,1-6H3,(H,68,80)(H,69,81)(H,70,82)(H,71,83)/t18-,19+,24+,25+,26-,27?,28-,29?,30?,31?,32?,33?,34?,35?,36?,37?,38-,39-,40+,41+,42+,43+,44?,45-,46-,47-,48+,49+,50?,51?,52?,53?,54+,55+,56+,57+,58?,59?,60-,61+,62+,63+,64+,65-,66+,67+/m1/s1. The minimum absolute atomic E-state index is 0.188. The molecule has 9 heterocycles. The van der Waals surface area contributed by atoms with E-state index >= 15 is 0 Å². The molecule has 0 radical (unpaired) electrons. The predicted molar refractivity (Wildman–Crippen MR) is 367 cm³/mol. The van der Waals surface area contributed by atoms with Crippen molar-refractivity contribution in [2.75, 3.05) is 59.5 Å². The lowest BCUT2D eigenvalue weighted by molar-refractivity contribution is -0.424. The summed E-state index contributed by atoms with van der Waals surface area (Å²) in [6.07, 6.45) is -82.2. The second-order valence-electron chi connectivity index (χ2n) is 30.1. The van der Waals surface area contributed by atoms with Gasteiger partial charge in [0.05, 0.1) is 90.2 Å². The average Bonchev–Trinajstić information content (AvgIpc) is 0.766. The fraction of sp³-hybridized carbons (Fsp3) is 0.925. The van der Waals surface area contributed by atoms with Crippen molar-refractivity contribution in [1.29, 1.82) is 0 Å². The maximum atomic E-state index is 13.2. The van der Waals surface area contributed by atoms with Crippen LogP contribution in [0, 0.1) is 5.92 Å². The lowest BCUT2D eigenvalue weighted by atomic mass is 9.87. The Morgan fingerprint density at radius 1 is 0.381 bits per heavy atom. The Morgan fingerprint density at radius 2 is 0.737 bits per heavy atom. The molecule has 0 aromatic rings. The summed E-state index contributed by atoms with van der Waals surface area (Å²) in [5.74, 6) is -7.07. The predicted octanol–water partition coefficient (Wildman–Crippen LogP) is -18.5. The Bertz CT molecular complexity index is 3180. The molecule has 0 saturated carbocycles. The fourth-order valence-corrected chi connectivity index (χ4v) is 15.4. The molecule has 17 unspecified atom stereocenters. The first kappa shape index (κ1) is 97.5. The van der Waals surface area contributed by atoms with Crippen LogP contribution in [0.2, 0.25) is 0 Å². The molecule has 682 valence electrons. The molecule has 0 aliphatic carbocycles. The summed E-state index contributed by atoms with van der Waals surface area (Å²) < 4.78 is 107. The van der Waals surface area contributed by atoms with Crippen molar-refractivity contribution in [3.05, 3.63) is 0 Å². The Kier molecular flexibility index (Phi) is 35.2. The maximum Gasteiger partial charge on any atom is 0.332 e. The molecule has 0 spiro atoms. The highest BCUT2D eigenvalue weighted by Crippen LogP contribution is 2.42. The molecule has 51 nitrogen and oxygen atoms in total. The van der Waals surface area contributed by atoms with Crippen LogP contribution in [0.1, 0.15) is 48.0 Å². The number of nitrogens with one attached hydrogen (secondary N) is 4. The molecule has 9 aliphatic rings. The smallest absolute Gasteiger partial charge is 0.332 e. The molecule has 0 bridgehead atoms. The molecule has 28 N–H and O–H groups in total. The Morgan fingerprint density at radius 3 is 1.19 bits per heavy atom. The third-order valence-electron chi connectivity index (χ3n) is 21.9. The molecule has 9 aliphatic heterocycles. The Hall–Kier alpha value is -4.29. The van der Waals surface area contributed by atoms with Crippen LogP contribution < -0.4 is 21.3 Å². The normalized spacial score (nSPS) is 47.5. The SMILES string of the molecule is CC(=O)NC1C(O)[C@H](O)[C@@H](CO)O[C@@H]1OC1[C@H](OCC2O[C@@H](O[C@H]3C(CO)O[C@@H](O[C@H]4C(CO)O[C@@H](C)C(NC(C)=O)[C@H]4O)C(NC(C)=O)[C@H]3O)C(O)[C@@H](O[C@@H]3O[C@H](CO)[C@H](O)C(O)C3O[C@@H]3OC(CO)[C@H](O[C@@H]4OC(CO[C@]5(OC=O)C[C@H](O)[C@@H](C)C([C@H](O)[C@@H](O)CO)O5)[C@H](O)[C@H](O)C4O)[C@H](O)C3NC(C)=O)[C@H]2O)OC(CO)[C@H](O)[C@@H]1O. The molecular formula is C67H112N4O47. The molecule has 9 fully saturated rings. The molecular weight excluding hydrogens is 1610 g/mol. The van der Waals surface area contributed by atoms with Crippen LogP contribution >= 0.6 is 0 Å². The number of carbonyl (C=O) groups excluding carboxylic acids is 5. The molecule has 0 aromatic heterocycles. The summed E-state index contributed by atoms with van der Waals surface area (Å²) >= 11 is 0. The fourth-order valence-electron chi connectivity index (χ4n) is 15.4. The molecule has 4 amide bonds.